The Kier molecular flexibility index (Phi) is 5.96. The predicted octanol–water partition coefficient (Wildman–Crippen LogP) is 1.73. The fraction of sp³-hybridized carbons (Fsp3) is 0.625. The summed E-state index contributed by atoms with van der Waals surface area (Å²) in [5.74, 6) is -0.170. The molecule has 1 aromatic carbocycles. The van der Waals surface area contributed by atoms with Crippen LogP contribution in [-0.2, 0) is 4.74 Å². The number of β-amino-alcohol motifs (C(OH)–C–C–N with tert-alkyl or cyclic N) is 1. The van der Waals surface area contributed by atoms with E-state index in [-0.39, 0.29) is 11.9 Å². The van der Waals surface area contributed by atoms with Gasteiger partial charge in [-0.15, -0.1) is 0 Å². The normalized spacial score (nSPS) is 18.2. The Balaban J connectivity index is 1.77. The first-order valence-electron chi connectivity index (χ1n) is 7.57. The second-order valence-corrected chi connectivity index (χ2v) is 5.77. The molecule has 0 saturated carbocycles. The van der Waals surface area contributed by atoms with Crippen LogP contribution < -0.4 is 4.90 Å². The van der Waals surface area contributed by atoms with Gasteiger partial charge in [-0.1, -0.05) is 12.1 Å². The van der Waals surface area contributed by atoms with Crippen molar-refractivity contribution < 1.29 is 14.2 Å². The maximum Gasteiger partial charge on any atom is 0.146 e. The zero-order chi connectivity index (χ0) is 15.2. The largest absolute Gasteiger partial charge is 0.389 e. The van der Waals surface area contributed by atoms with E-state index in [1.54, 1.807) is 6.07 Å². The molecule has 21 heavy (non-hydrogen) atoms. The molecular weight excluding hydrogens is 271 g/mol. The molecule has 0 spiro atoms. The molecule has 1 aliphatic rings. The van der Waals surface area contributed by atoms with Gasteiger partial charge in [-0.2, -0.15) is 0 Å². The summed E-state index contributed by atoms with van der Waals surface area (Å²) >= 11 is 0. The molecule has 4 nitrogen and oxygen atoms in total. The number of rotatable bonds is 6. The van der Waals surface area contributed by atoms with E-state index in [1.807, 2.05) is 26.0 Å². The van der Waals surface area contributed by atoms with Crippen molar-refractivity contribution >= 4 is 5.69 Å². The third-order valence-corrected chi connectivity index (χ3v) is 3.66. The SMILES string of the molecule is CC(C)OC[C@@H](O)CN1CCN(c2ccccc2F)CC1. The summed E-state index contributed by atoms with van der Waals surface area (Å²) in [6.45, 7) is 8.10. The zero-order valence-electron chi connectivity index (χ0n) is 12.8. The van der Waals surface area contributed by atoms with Crippen molar-refractivity contribution in [2.45, 2.75) is 26.1 Å². The number of benzene rings is 1. The summed E-state index contributed by atoms with van der Waals surface area (Å²) in [4.78, 5) is 4.26. The lowest BCUT2D eigenvalue weighted by Gasteiger charge is -2.37. The van der Waals surface area contributed by atoms with Crippen molar-refractivity contribution in [1.29, 1.82) is 0 Å². The molecule has 0 unspecified atom stereocenters. The molecule has 1 heterocycles. The number of ether oxygens (including phenoxy) is 1. The lowest BCUT2D eigenvalue weighted by atomic mass is 10.2. The molecule has 1 fully saturated rings. The lowest BCUT2D eigenvalue weighted by Crippen LogP contribution is -2.49. The topological polar surface area (TPSA) is 35.9 Å². The van der Waals surface area contributed by atoms with Crippen LogP contribution in [-0.4, -0.2) is 61.5 Å². The van der Waals surface area contributed by atoms with Crippen LogP contribution in [0.3, 0.4) is 0 Å². The van der Waals surface area contributed by atoms with Crippen molar-refractivity contribution in [3.8, 4) is 0 Å². The minimum absolute atomic E-state index is 0.137. The number of aliphatic hydroxyl groups excluding tert-OH is 1. The van der Waals surface area contributed by atoms with E-state index >= 15 is 0 Å². The van der Waals surface area contributed by atoms with E-state index in [2.05, 4.69) is 9.80 Å². The first-order valence-corrected chi connectivity index (χ1v) is 7.57. The average molecular weight is 296 g/mol. The van der Waals surface area contributed by atoms with Crippen LogP contribution in [0.2, 0.25) is 0 Å². The number of piperazine rings is 1. The molecule has 0 bridgehead atoms. The Morgan fingerprint density at radius 1 is 1.19 bits per heavy atom. The van der Waals surface area contributed by atoms with Gasteiger partial charge in [0.25, 0.3) is 0 Å². The fourth-order valence-corrected chi connectivity index (χ4v) is 2.53. The molecule has 1 atom stereocenters. The lowest BCUT2D eigenvalue weighted by molar-refractivity contribution is -0.00900. The summed E-state index contributed by atoms with van der Waals surface area (Å²) in [6, 6.07) is 6.88. The third-order valence-electron chi connectivity index (χ3n) is 3.66. The molecule has 118 valence electrons. The van der Waals surface area contributed by atoms with Gasteiger partial charge in [-0.05, 0) is 26.0 Å². The maximum absolute atomic E-state index is 13.7. The summed E-state index contributed by atoms with van der Waals surface area (Å²) in [6.07, 6.45) is -0.329. The zero-order valence-corrected chi connectivity index (χ0v) is 12.8. The van der Waals surface area contributed by atoms with Crippen LogP contribution in [0.1, 0.15) is 13.8 Å². The third kappa shape index (κ3) is 4.95. The van der Waals surface area contributed by atoms with Crippen molar-refractivity contribution in [1.82, 2.24) is 4.90 Å². The number of hydrogen-bond acceptors (Lipinski definition) is 4. The van der Waals surface area contributed by atoms with E-state index < -0.39 is 6.10 Å². The van der Waals surface area contributed by atoms with Crippen LogP contribution >= 0.6 is 0 Å². The number of hydrogen-bond donors (Lipinski definition) is 1. The smallest absolute Gasteiger partial charge is 0.146 e. The van der Waals surface area contributed by atoms with Crippen molar-refractivity contribution in [3.05, 3.63) is 30.1 Å². The molecule has 1 aliphatic heterocycles. The van der Waals surface area contributed by atoms with Gasteiger partial charge in [0.1, 0.15) is 5.82 Å². The number of anilines is 1. The molecule has 0 aliphatic carbocycles. The van der Waals surface area contributed by atoms with Crippen molar-refractivity contribution in [3.63, 3.8) is 0 Å². The predicted molar refractivity (Wildman–Crippen MR) is 82.1 cm³/mol. The molecule has 2 rings (SSSR count). The van der Waals surface area contributed by atoms with Crippen LogP contribution in [0.15, 0.2) is 24.3 Å². The maximum atomic E-state index is 13.7. The van der Waals surface area contributed by atoms with E-state index in [4.69, 9.17) is 4.74 Å². The fourth-order valence-electron chi connectivity index (χ4n) is 2.53. The van der Waals surface area contributed by atoms with Crippen molar-refractivity contribution in [2.75, 3.05) is 44.2 Å². The Morgan fingerprint density at radius 3 is 2.48 bits per heavy atom. The number of nitrogens with zero attached hydrogens (tertiary/aromatic N) is 2. The summed E-state index contributed by atoms with van der Waals surface area (Å²) in [5, 5.41) is 9.94. The Labute approximate surface area is 126 Å². The van der Waals surface area contributed by atoms with Gasteiger partial charge in [-0.3, -0.25) is 4.90 Å². The van der Waals surface area contributed by atoms with Gasteiger partial charge < -0.3 is 14.7 Å². The minimum Gasteiger partial charge on any atom is -0.389 e. The second-order valence-electron chi connectivity index (χ2n) is 5.77. The van der Waals surface area contributed by atoms with E-state index in [0.717, 1.165) is 26.2 Å². The number of halogens is 1. The van der Waals surface area contributed by atoms with Crippen LogP contribution in [0.25, 0.3) is 0 Å². The number of aliphatic hydroxyl groups is 1. The first-order chi connectivity index (χ1) is 10.1. The Hall–Kier alpha value is -1.17. The van der Waals surface area contributed by atoms with E-state index in [1.165, 1.54) is 6.07 Å². The molecule has 0 amide bonds. The molecule has 1 N–H and O–H groups in total. The van der Waals surface area contributed by atoms with Gasteiger partial charge in [0.2, 0.25) is 0 Å². The molecule has 0 aromatic heterocycles. The van der Waals surface area contributed by atoms with Gasteiger partial charge in [0.15, 0.2) is 0 Å². The van der Waals surface area contributed by atoms with Gasteiger partial charge in [0.05, 0.1) is 24.5 Å². The van der Waals surface area contributed by atoms with Crippen LogP contribution in [0, 0.1) is 5.82 Å². The summed E-state index contributed by atoms with van der Waals surface area (Å²) in [5.41, 5.74) is 0.667. The highest BCUT2D eigenvalue weighted by Gasteiger charge is 2.21. The molecule has 0 radical (unpaired) electrons. The number of para-hydroxylation sites is 1. The summed E-state index contributed by atoms with van der Waals surface area (Å²) in [7, 11) is 0. The average Bonchev–Trinajstić information content (AvgIpc) is 2.47. The van der Waals surface area contributed by atoms with Gasteiger partial charge in [0, 0.05) is 32.7 Å². The Morgan fingerprint density at radius 2 is 1.86 bits per heavy atom. The summed E-state index contributed by atoms with van der Waals surface area (Å²) < 4.78 is 19.2. The van der Waals surface area contributed by atoms with Crippen LogP contribution in [0.5, 0.6) is 0 Å². The van der Waals surface area contributed by atoms with Crippen LogP contribution in [0.4, 0.5) is 10.1 Å². The molecule has 1 saturated heterocycles. The highest BCUT2D eigenvalue weighted by molar-refractivity contribution is 5.47. The minimum atomic E-state index is -0.465. The quantitative estimate of drug-likeness (QED) is 0.867. The monoisotopic (exact) mass is 296 g/mol. The molecule has 5 heteroatoms. The van der Waals surface area contributed by atoms with E-state index in [9.17, 15) is 9.50 Å². The standard InChI is InChI=1S/C16H25FN2O2/c1-13(2)21-12-14(20)11-18-7-9-19(10-8-18)16-6-4-3-5-15(16)17/h3-6,13-14,20H,7-12H2,1-2H3/t14-/m0/s1. The molecular formula is C16H25FN2O2. The molecule has 1 aromatic rings. The van der Waals surface area contributed by atoms with Gasteiger partial charge in [-0.25, -0.2) is 4.39 Å². The van der Waals surface area contributed by atoms with Crippen molar-refractivity contribution in [2.24, 2.45) is 0 Å². The highest BCUT2D eigenvalue weighted by atomic mass is 19.1. The first kappa shape index (κ1) is 16.2. The van der Waals surface area contributed by atoms with Gasteiger partial charge >= 0.3 is 0 Å². The Bertz CT molecular complexity index is 434. The highest BCUT2D eigenvalue weighted by Crippen LogP contribution is 2.20. The van der Waals surface area contributed by atoms with E-state index in [0.29, 0.717) is 18.8 Å². The second kappa shape index (κ2) is 7.73.